The standard InChI is InChI=1S/C29H28BrN3O5S/c1-29(2,3)17-6-9-22-25(13-17)39-28(26(22)27(34)31-15-19-5-4-12-37-19)32-16-20-8-11-24(38-20)21-10-7-18(33(35)36)14-23(21)30/h4-5,7-8,10-12,14,16-17H,6,9,13,15H2,1-3H3,(H,31,34)/t17-/m0/s1. The van der Waals surface area contributed by atoms with Gasteiger partial charge in [0.2, 0.25) is 0 Å². The molecule has 3 heterocycles. The molecule has 1 aliphatic rings. The van der Waals surface area contributed by atoms with E-state index in [0.29, 0.717) is 50.3 Å². The Hall–Kier alpha value is -3.50. The molecule has 39 heavy (non-hydrogen) atoms. The van der Waals surface area contributed by atoms with Crippen LogP contribution < -0.4 is 5.32 Å². The van der Waals surface area contributed by atoms with Crippen molar-refractivity contribution >= 4 is 50.1 Å². The van der Waals surface area contributed by atoms with Gasteiger partial charge in [0.05, 0.1) is 29.5 Å². The van der Waals surface area contributed by atoms with Gasteiger partial charge in [-0.05, 0) is 82.4 Å². The molecule has 1 aliphatic carbocycles. The lowest BCUT2D eigenvalue weighted by molar-refractivity contribution is -0.384. The summed E-state index contributed by atoms with van der Waals surface area (Å²) in [5.74, 6) is 2.11. The van der Waals surface area contributed by atoms with E-state index in [1.165, 1.54) is 17.0 Å². The molecule has 0 fully saturated rings. The summed E-state index contributed by atoms with van der Waals surface area (Å²) in [6.07, 6.45) is 6.00. The van der Waals surface area contributed by atoms with E-state index >= 15 is 0 Å². The van der Waals surface area contributed by atoms with E-state index in [1.54, 1.807) is 48.1 Å². The highest BCUT2D eigenvalue weighted by atomic mass is 79.9. The number of fused-ring (bicyclic) bond motifs is 1. The number of rotatable bonds is 7. The van der Waals surface area contributed by atoms with Crippen LogP contribution in [0.15, 0.2) is 67.0 Å². The second kappa shape index (κ2) is 10.9. The van der Waals surface area contributed by atoms with Crippen LogP contribution in [0.4, 0.5) is 10.7 Å². The van der Waals surface area contributed by atoms with Gasteiger partial charge in [0.1, 0.15) is 22.3 Å². The molecule has 1 atom stereocenters. The first kappa shape index (κ1) is 27.1. The molecule has 0 bridgehead atoms. The highest BCUT2D eigenvalue weighted by Crippen LogP contribution is 2.45. The van der Waals surface area contributed by atoms with Gasteiger partial charge in [-0.2, -0.15) is 0 Å². The van der Waals surface area contributed by atoms with Crippen LogP contribution in [0.1, 0.15) is 59.5 Å². The molecule has 4 aromatic rings. The van der Waals surface area contributed by atoms with E-state index in [-0.39, 0.29) is 17.0 Å². The highest BCUT2D eigenvalue weighted by Gasteiger charge is 2.33. The number of amides is 1. The molecule has 0 aliphatic heterocycles. The first-order chi connectivity index (χ1) is 18.6. The van der Waals surface area contributed by atoms with Crippen LogP contribution >= 0.6 is 27.3 Å². The molecule has 0 unspecified atom stereocenters. The smallest absolute Gasteiger partial charge is 0.270 e. The number of non-ortho nitro benzene ring substituents is 1. The molecule has 0 spiro atoms. The van der Waals surface area contributed by atoms with Gasteiger partial charge >= 0.3 is 0 Å². The van der Waals surface area contributed by atoms with Crippen molar-refractivity contribution in [3.63, 3.8) is 0 Å². The molecule has 0 saturated heterocycles. The molecule has 3 aromatic heterocycles. The van der Waals surface area contributed by atoms with Crippen molar-refractivity contribution in [3.8, 4) is 11.3 Å². The van der Waals surface area contributed by atoms with Gasteiger partial charge in [-0.3, -0.25) is 14.9 Å². The SMILES string of the molecule is CC(C)(C)[C@H]1CCc2c(sc(N=Cc3ccc(-c4ccc([N+](=O)[O-])cc4Br)o3)c2C(=O)NCc2ccco2)C1. The zero-order valence-electron chi connectivity index (χ0n) is 21.8. The van der Waals surface area contributed by atoms with E-state index in [4.69, 9.17) is 13.8 Å². The van der Waals surface area contributed by atoms with Gasteiger partial charge in [0.15, 0.2) is 0 Å². The van der Waals surface area contributed by atoms with Gasteiger partial charge in [-0.1, -0.05) is 20.8 Å². The van der Waals surface area contributed by atoms with Crippen molar-refractivity contribution < 1.29 is 18.6 Å². The van der Waals surface area contributed by atoms with Crippen molar-refractivity contribution in [3.05, 3.63) is 90.8 Å². The Labute approximate surface area is 238 Å². The zero-order valence-corrected chi connectivity index (χ0v) is 24.2. The normalized spacial score (nSPS) is 15.4. The molecule has 202 valence electrons. The monoisotopic (exact) mass is 609 g/mol. The van der Waals surface area contributed by atoms with Crippen LogP contribution in [-0.4, -0.2) is 17.0 Å². The molecular weight excluding hydrogens is 582 g/mol. The largest absolute Gasteiger partial charge is 0.467 e. The molecule has 0 saturated carbocycles. The number of thiophene rings is 1. The molecule has 10 heteroatoms. The van der Waals surface area contributed by atoms with Gasteiger partial charge in [-0.25, -0.2) is 4.99 Å². The lowest BCUT2D eigenvalue weighted by Gasteiger charge is -2.33. The Kier molecular flexibility index (Phi) is 7.59. The number of benzene rings is 1. The Morgan fingerprint density at radius 2 is 2.10 bits per heavy atom. The van der Waals surface area contributed by atoms with Crippen LogP contribution in [0.25, 0.3) is 11.3 Å². The summed E-state index contributed by atoms with van der Waals surface area (Å²) in [7, 11) is 0. The highest BCUT2D eigenvalue weighted by molar-refractivity contribution is 9.10. The third-order valence-electron chi connectivity index (χ3n) is 7.07. The summed E-state index contributed by atoms with van der Waals surface area (Å²) in [6, 6.07) is 11.7. The van der Waals surface area contributed by atoms with Crippen molar-refractivity contribution in [2.75, 3.05) is 0 Å². The number of nitrogens with one attached hydrogen (secondary N) is 1. The second-order valence-corrected chi connectivity index (χ2v) is 12.6. The molecule has 8 nitrogen and oxygen atoms in total. The minimum atomic E-state index is -0.443. The van der Waals surface area contributed by atoms with Crippen LogP contribution in [0.3, 0.4) is 0 Å². The number of carbonyl (C=O) groups is 1. The fraction of sp³-hybridized carbons (Fsp3) is 0.310. The van der Waals surface area contributed by atoms with E-state index in [9.17, 15) is 14.9 Å². The van der Waals surface area contributed by atoms with Crippen molar-refractivity contribution in [1.82, 2.24) is 5.32 Å². The number of aliphatic imine (C=N–C) groups is 1. The first-order valence-electron chi connectivity index (χ1n) is 12.6. The molecule has 5 rings (SSSR count). The second-order valence-electron chi connectivity index (χ2n) is 10.6. The summed E-state index contributed by atoms with van der Waals surface area (Å²) in [5, 5.41) is 14.7. The molecule has 1 amide bonds. The van der Waals surface area contributed by atoms with Gasteiger partial charge in [0, 0.05) is 27.0 Å². The Balaban J connectivity index is 1.43. The summed E-state index contributed by atoms with van der Waals surface area (Å²) in [6.45, 7) is 7.11. The van der Waals surface area contributed by atoms with Crippen molar-refractivity contribution in [2.24, 2.45) is 16.3 Å². The van der Waals surface area contributed by atoms with E-state index < -0.39 is 4.92 Å². The maximum Gasteiger partial charge on any atom is 0.270 e. The first-order valence-corrected chi connectivity index (χ1v) is 14.2. The third-order valence-corrected chi connectivity index (χ3v) is 8.88. The number of hydrogen-bond acceptors (Lipinski definition) is 7. The quantitative estimate of drug-likeness (QED) is 0.129. The van der Waals surface area contributed by atoms with E-state index in [1.807, 2.05) is 6.07 Å². The molecular formula is C29H28BrN3O5S. The third kappa shape index (κ3) is 5.91. The predicted octanol–water partition coefficient (Wildman–Crippen LogP) is 8.10. The molecule has 0 radical (unpaired) electrons. The zero-order chi connectivity index (χ0) is 27.7. The molecule has 1 N–H and O–H groups in total. The minimum Gasteiger partial charge on any atom is -0.467 e. The maximum atomic E-state index is 13.4. The van der Waals surface area contributed by atoms with E-state index in [0.717, 1.165) is 24.8 Å². The maximum absolute atomic E-state index is 13.4. The number of carbonyl (C=O) groups excluding carboxylic acids is 1. The van der Waals surface area contributed by atoms with Gasteiger partial charge in [-0.15, -0.1) is 11.3 Å². The Morgan fingerprint density at radius 3 is 2.79 bits per heavy atom. The summed E-state index contributed by atoms with van der Waals surface area (Å²) >= 11 is 4.96. The Bertz CT molecular complexity index is 1550. The number of nitrogens with zero attached hydrogens (tertiary/aromatic N) is 2. The lowest BCUT2D eigenvalue weighted by atomic mass is 9.72. The predicted molar refractivity (Wildman–Crippen MR) is 155 cm³/mol. The summed E-state index contributed by atoms with van der Waals surface area (Å²) < 4.78 is 11.9. The topological polar surface area (TPSA) is 111 Å². The molecule has 1 aromatic carbocycles. The fourth-order valence-electron chi connectivity index (χ4n) is 4.81. The number of nitro benzene ring substituents is 1. The summed E-state index contributed by atoms with van der Waals surface area (Å²) in [5.41, 5.74) is 2.57. The number of hydrogen-bond donors (Lipinski definition) is 1. The van der Waals surface area contributed by atoms with Crippen molar-refractivity contribution in [1.29, 1.82) is 0 Å². The van der Waals surface area contributed by atoms with E-state index in [2.05, 4.69) is 42.0 Å². The van der Waals surface area contributed by atoms with Crippen molar-refractivity contribution in [2.45, 2.75) is 46.6 Å². The Morgan fingerprint density at radius 1 is 1.28 bits per heavy atom. The van der Waals surface area contributed by atoms with Crippen LogP contribution in [0.2, 0.25) is 0 Å². The average Bonchev–Trinajstić information content (AvgIpc) is 3.65. The summed E-state index contributed by atoms with van der Waals surface area (Å²) in [4.78, 5) is 29.9. The van der Waals surface area contributed by atoms with Crippen LogP contribution in [0.5, 0.6) is 0 Å². The minimum absolute atomic E-state index is 0.00724. The number of nitro groups is 1. The average molecular weight is 611 g/mol. The van der Waals surface area contributed by atoms with Gasteiger partial charge in [0.25, 0.3) is 11.6 Å². The van der Waals surface area contributed by atoms with Crippen LogP contribution in [-0.2, 0) is 19.4 Å². The number of furan rings is 2. The number of halogens is 1. The lowest BCUT2D eigenvalue weighted by Crippen LogP contribution is -2.28. The van der Waals surface area contributed by atoms with Gasteiger partial charge < -0.3 is 14.2 Å². The van der Waals surface area contributed by atoms with Crippen LogP contribution in [0, 0.1) is 21.4 Å². The fourth-order valence-corrected chi connectivity index (χ4v) is 6.64.